The third kappa shape index (κ3) is 4.20. The second-order valence-electron chi connectivity index (χ2n) is 5.28. The number of nitrogens with zero attached hydrogens (tertiary/aromatic N) is 1. The van der Waals surface area contributed by atoms with Crippen molar-refractivity contribution in [3.05, 3.63) is 35.9 Å². The van der Waals surface area contributed by atoms with E-state index in [-0.39, 0.29) is 0 Å². The lowest BCUT2D eigenvalue weighted by Gasteiger charge is -2.31. The summed E-state index contributed by atoms with van der Waals surface area (Å²) >= 11 is 0. The van der Waals surface area contributed by atoms with Crippen molar-refractivity contribution < 1.29 is 0 Å². The van der Waals surface area contributed by atoms with Crippen molar-refractivity contribution in [2.45, 2.75) is 32.1 Å². The zero-order chi connectivity index (χ0) is 12.6. The van der Waals surface area contributed by atoms with Gasteiger partial charge in [0.2, 0.25) is 0 Å². The quantitative estimate of drug-likeness (QED) is 0.564. The Bertz CT molecular complexity index is 368. The molecule has 0 aromatic heterocycles. The van der Waals surface area contributed by atoms with Crippen molar-refractivity contribution >= 4 is 0 Å². The van der Waals surface area contributed by atoms with Crippen molar-refractivity contribution in [3.8, 4) is 12.3 Å². The number of terminal acetylenes is 1. The molecule has 1 saturated heterocycles. The van der Waals surface area contributed by atoms with Gasteiger partial charge in [-0.15, -0.1) is 12.3 Å². The van der Waals surface area contributed by atoms with Crippen LogP contribution in [0, 0.1) is 18.3 Å². The van der Waals surface area contributed by atoms with E-state index in [0.717, 1.165) is 18.8 Å². The van der Waals surface area contributed by atoms with Crippen LogP contribution in [-0.4, -0.2) is 24.5 Å². The number of benzene rings is 1. The lowest BCUT2D eigenvalue weighted by molar-refractivity contribution is 0.183. The molecule has 1 aliphatic heterocycles. The fourth-order valence-corrected chi connectivity index (χ4v) is 2.77. The molecule has 96 valence electrons. The summed E-state index contributed by atoms with van der Waals surface area (Å²) in [7, 11) is 0. The Morgan fingerprint density at radius 1 is 1.17 bits per heavy atom. The summed E-state index contributed by atoms with van der Waals surface area (Å²) in [4.78, 5) is 2.57. The van der Waals surface area contributed by atoms with Gasteiger partial charge in [0.05, 0.1) is 0 Å². The highest BCUT2D eigenvalue weighted by atomic mass is 15.1. The van der Waals surface area contributed by atoms with Crippen molar-refractivity contribution in [2.75, 3.05) is 19.6 Å². The highest BCUT2D eigenvalue weighted by Gasteiger charge is 2.18. The predicted molar refractivity (Wildman–Crippen MR) is 77.4 cm³/mol. The molecule has 2 rings (SSSR count). The van der Waals surface area contributed by atoms with Crippen molar-refractivity contribution in [1.82, 2.24) is 4.90 Å². The maximum Gasteiger partial charge on any atom is 0.00982 e. The first-order valence-corrected chi connectivity index (χ1v) is 7.08. The van der Waals surface area contributed by atoms with Gasteiger partial charge in [0.1, 0.15) is 0 Å². The van der Waals surface area contributed by atoms with Crippen molar-refractivity contribution in [1.29, 1.82) is 0 Å². The first-order chi connectivity index (χ1) is 8.88. The molecule has 0 aliphatic carbocycles. The lowest BCUT2D eigenvalue weighted by atomic mass is 9.90. The summed E-state index contributed by atoms with van der Waals surface area (Å²) in [6.07, 6.45) is 11.3. The summed E-state index contributed by atoms with van der Waals surface area (Å²) in [5.74, 6) is 3.59. The normalized spacial score (nSPS) is 17.5. The number of piperidine rings is 1. The van der Waals surface area contributed by atoms with E-state index in [0.29, 0.717) is 0 Å². The molecule has 1 aromatic rings. The third-order valence-corrected chi connectivity index (χ3v) is 3.87. The van der Waals surface area contributed by atoms with Gasteiger partial charge in [-0.2, -0.15) is 0 Å². The number of rotatable bonds is 5. The van der Waals surface area contributed by atoms with Crippen molar-refractivity contribution in [2.24, 2.45) is 5.92 Å². The molecule has 18 heavy (non-hydrogen) atoms. The van der Waals surface area contributed by atoms with Crippen LogP contribution in [0.3, 0.4) is 0 Å². The fraction of sp³-hybridized carbons (Fsp3) is 0.529. The Hall–Kier alpha value is -1.26. The smallest absolute Gasteiger partial charge is 0.00982 e. The third-order valence-electron chi connectivity index (χ3n) is 3.87. The van der Waals surface area contributed by atoms with Gasteiger partial charge in [-0.3, -0.25) is 0 Å². The molecule has 0 spiro atoms. The van der Waals surface area contributed by atoms with Crippen molar-refractivity contribution in [3.63, 3.8) is 0 Å². The van der Waals surface area contributed by atoms with Crippen LogP contribution in [-0.2, 0) is 6.42 Å². The second-order valence-corrected chi connectivity index (χ2v) is 5.28. The van der Waals surface area contributed by atoms with Crippen LogP contribution >= 0.6 is 0 Å². The van der Waals surface area contributed by atoms with E-state index in [1.165, 1.54) is 44.5 Å². The molecule has 0 atom stereocenters. The van der Waals surface area contributed by atoms with Gasteiger partial charge in [-0.05, 0) is 56.8 Å². The van der Waals surface area contributed by atoms with Gasteiger partial charge in [0.25, 0.3) is 0 Å². The number of hydrogen-bond donors (Lipinski definition) is 0. The average molecular weight is 241 g/mol. The highest BCUT2D eigenvalue weighted by molar-refractivity contribution is 5.15. The average Bonchev–Trinajstić information content (AvgIpc) is 2.42. The molecular weight excluding hydrogens is 218 g/mol. The lowest BCUT2D eigenvalue weighted by Crippen LogP contribution is -2.34. The largest absolute Gasteiger partial charge is 0.303 e. The summed E-state index contributed by atoms with van der Waals surface area (Å²) in [5.41, 5.74) is 1.49. The number of unbranched alkanes of at least 4 members (excludes halogenated alkanes) is 1. The SMILES string of the molecule is C#CCCCN1CCC(Cc2ccccc2)CC1. The Kier molecular flexibility index (Phi) is 5.30. The molecule has 1 heterocycles. The summed E-state index contributed by atoms with van der Waals surface area (Å²) in [5, 5.41) is 0. The zero-order valence-electron chi connectivity index (χ0n) is 11.1. The number of hydrogen-bond acceptors (Lipinski definition) is 1. The molecule has 0 N–H and O–H groups in total. The van der Waals surface area contributed by atoms with E-state index in [1.807, 2.05) is 0 Å². The molecule has 1 nitrogen and oxygen atoms in total. The maximum atomic E-state index is 5.28. The predicted octanol–water partition coefficient (Wildman–Crippen LogP) is 3.35. The van der Waals surface area contributed by atoms with E-state index in [9.17, 15) is 0 Å². The fourth-order valence-electron chi connectivity index (χ4n) is 2.77. The summed E-state index contributed by atoms with van der Waals surface area (Å²) in [6, 6.07) is 10.9. The molecule has 1 aliphatic rings. The molecule has 0 amide bonds. The summed E-state index contributed by atoms with van der Waals surface area (Å²) < 4.78 is 0. The maximum absolute atomic E-state index is 5.28. The Morgan fingerprint density at radius 2 is 1.89 bits per heavy atom. The molecule has 0 saturated carbocycles. The monoisotopic (exact) mass is 241 g/mol. The minimum atomic E-state index is 0.872. The minimum absolute atomic E-state index is 0.872. The van der Waals surface area contributed by atoms with Gasteiger partial charge in [0, 0.05) is 6.42 Å². The Morgan fingerprint density at radius 3 is 2.56 bits per heavy atom. The molecule has 0 bridgehead atoms. The van der Waals surface area contributed by atoms with Crippen LogP contribution in [0.2, 0.25) is 0 Å². The van der Waals surface area contributed by atoms with Crippen LogP contribution in [0.1, 0.15) is 31.2 Å². The molecular formula is C17H23N. The van der Waals surface area contributed by atoms with Crippen LogP contribution in [0.15, 0.2) is 30.3 Å². The first-order valence-electron chi connectivity index (χ1n) is 7.08. The van der Waals surface area contributed by atoms with E-state index in [2.05, 4.69) is 41.2 Å². The Balaban J connectivity index is 1.69. The highest BCUT2D eigenvalue weighted by Crippen LogP contribution is 2.21. The van der Waals surface area contributed by atoms with Crippen LogP contribution < -0.4 is 0 Å². The summed E-state index contributed by atoms with van der Waals surface area (Å²) in [6.45, 7) is 3.69. The topological polar surface area (TPSA) is 3.24 Å². The minimum Gasteiger partial charge on any atom is -0.303 e. The number of likely N-dealkylation sites (tertiary alicyclic amines) is 1. The molecule has 1 fully saturated rings. The van der Waals surface area contributed by atoms with E-state index < -0.39 is 0 Å². The second kappa shape index (κ2) is 7.24. The van der Waals surface area contributed by atoms with Crippen LogP contribution in [0.4, 0.5) is 0 Å². The van der Waals surface area contributed by atoms with E-state index >= 15 is 0 Å². The van der Waals surface area contributed by atoms with E-state index in [1.54, 1.807) is 0 Å². The van der Waals surface area contributed by atoms with Crippen LogP contribution in [0.25, 0.3) is 0 Å². The first kappa shape index (κ1) is 13.2. The van der Waals surface area contributed by atoms with Crippen LogP contribution in [0.5, 0.6) is 0 Å². The standard InChI is InChI=1S/C17H23N/c1-2-3-7-12-18-13-10-17(11-14-18)15-16-8-5-4-6-9-16/h1,4-6,8-9,17H,3,7,10-15H2. The van der Waals surface area contributed by atoms with Gasteiger partial charge < -0.3 is 4.90 Å². The van der Waals surface area contributed by atoms with Gasteiger partial charge in [-0.1, -0.05) is 30.3 Å². The van der Waals surface area contributed by atoms with Gasteiger partial charge in [0.15, 0.2) is 0 Å². The molecule has 1 aromatic carbocycles. The van der Waals surface area contributed by atoms with Gasteiger partial charge >= 0.3 is 0 Å². The molecule has 1 heteroatoms. The molecule has 0 unspecified atom stereocenters. The zero-order valence-corrected chi connectivity index (χ0v) is 11.1. The van der Waals surface area contributed by atoms with E-state index in [4.69, 9.17) is 6.42 Å². The molecule has 0 radical (unpaired) electrons. The van der Waals surface area contributed by atoms with Gasteiger partial charge in [-0.25, -0.2) is 0 Å². The Labute approximate surface area is 111 Å².